The highest BCUT2D eigenvalue weighted by Crippen LogP contribution is 2.33. The Kier molecular flexibility index (Phi) is 7.47. The standard InChI is InChI=1S/C28H25BrCl2N4O2/c1-17-26(28(37)32-21-12-14-34(15-13-21)22-7-9-23(36)10-8-22)33-35(25-11-6-20(30)16-24(25)31)27(17)18-2-4-19(29)5-3-18/h2-11,16,21,36H,12-15H2,1H3,(H,32,37). The molecule has 0 unspecified atom stereocenters. The Morgan fingerprint density at radius 3 is 2.35 bits per heavy atom. The zero-order chi connectivity index (χ0) is 26.1. The SMILES string of the molecule is Cc1c(C(=O)NC2CCN(c3ccc(O)cc3)CC2)nn(-c2ccc(Cl)cc2Cl)c1-c1ccc(Br)cc1. The Bertz CT molecular complexity index is 1430. The molecule has 1 aliphatic heterocycles. The molecule has 3 aromatic carbocycles. The van der Waals surface area contributed by atoms with Gasteiger partial charge in [-0.2, -0.15) is 5.10 Å². The number of phenols is 1. The molecular weight excluding hydrogens is 575 g/mol. The average Bonchev–Trinajstić information content (AvgIpc) is 3.22. The molecule has 1 saturated heterocycles. The van der Waals surface area contributed by atoms with Crippen LogP contribution in [0, 0.1) is 6.92 Å². The molecule has 4 aromatic rings. The van der Waals surface area contributed by atoms with Crippen LogP contribution in [0.1, 0.15) is 28.9 Å². The maximum absolute atomic E-state index is 13.5. The highest BCUT2D eigenvalue weighted by molar-refractivity contribution is 9.10. The lowest BCUT2D eigenvalue weighted by Gasteiger charge is -2.33. The molecule has 2 N–H and O–H groups in total. The van der Waals surface area contributed by atoms with E-state index in [1.165, 1.54) is 0 Å². The van der Waals surface area contributed by atoms with Crippen LogP contribution >= 0.6 is 39.1 Å². The number of rotatable bonds is 5. The molecule has 1 aliphatic rings. The number of piperidine rings is 1. The second-order valence-electron chi connectivity index (χ2n) is 9.09. The minimum atomic E-state index is -0.206. The number of halogens is 3. The van der Waals surface area contributed by atoms with Crippen LogP contribution in [0.5, 0.6) is 5.75 Å². The van der Waals surface area contributed by atoms with E-state index in [4.69, 9.17) is 28.3 Å². The van der Waals surface area contributed by atoms with Crippen molar-refractivity contribution in [2.75, 3.05) is 18.0 Å². The van der Waals surface area contributed by atoms with E-state index in [1.807, 2.05) is 43.3 Å². The van der Waals surface area contributed by atoms with Crippen molar-refractivity contribution in [3.8, 4) is 22.7 Å². The summed E-state index contributed by atoms with van der Waals surface area (Å²) in [4.78, 5) is 15.7. The van der Waals surface area contributed by atoms with Crippen molar-refractivity contribution < 1.29 is 9.90 Å². The molecule has 0 atom stereocenters. The van der Waals surface area contributed by atoms with Gasteiger partial charge in [0, 0.05) is 45.4 Å². The Hall–Kier alpha value is -3.00. The molecule has 0 saturated carbocycles. The van der Waals surface area contributed by atoms with Crippen LogP contribution < -0.4 is 10.2 Å². The van der Waals surface area contributed by atoms with Crippen LogP contribution in [-0.4, -0.2) is 39.9 Å². The lowest BCUT2D eigenvalue weighted by Crippen LogP contribution is -2.45. The van der Waals surface area contributed by atoms with E-state index >= 15 is 0 Å². The number of anilines is 1. The van der Waals surface area contributed by atoms with Gasteiger partial charge in [-0.3, -0.25) is 4.79 Å². The minimum Gasteiger partial charge on any atom is -0.508 e. The number of amides is 1. The summed E-state index contributed by atoms with van der Waals surface area (Å²) in [7, 11) is 0. The summed E-state index contributed by atoms with van der Waals surface area (Å²) in [6.45, 7) is 3.54. The van der Waals surface area contributed by atoms with E-state index in [-0.39, 0.29) is 17.7 Å². The van der Waals surface area contributed by atoms with E-state index in [9.17, 15) is 9.90 Å². The third kappa shape index (κ3) is 5.49. The van der Waals surface area contributed by atoms with E-state index in [2.05, 4.69) is 26.1 Å². The van der Waals surface area contributed by atoms with Crippen LogP contribution in [0.4, 0.5) is 5.69 Å². The van der Waals surface area contributed by atoms with Crippen molar-refractivity contribution in [1.29, 1.82) is 0 Å². The van der Waals surface area contributed by atoms with E-state index in [1.54, 1.807) is 35.0 Å². The van der Waals surface area contributed by atoms with Crippen molar-refractivity contribution in [1.82, 2.24) is 15.1 Å². The number of aromatic nitrogens is 2. The molecule has 0 spiro atoms. The van der Waals surface area contributed by atoms with Crippen LogP contribution in [0.2, 0.25) is 10.0 Å². The molecule has 2 heterocycles. The van der Waals surface area contributed by atoms with E-state index in [0.717, 1.165) is 52.9 Å². The van der Waals surface area contributed by atoms with Gasteiger partial charge in [0.25, 0.3) is 5.91 Å². The third-order valence-electron chi connectivity index (χ3n) is 6.64. The monoisotopic (exact) mass is 598 g/mol. The van der Waals surface area contributed by atoms with Crippen molar-refractivity contribution in [3.05, 3.63) is 92.5 Å². The van der Waals surface area contributed by atoms with Crippen molar-refractivity contribution in [2.24, 2.45) is 0 Å². The van der Waals surface area contributed by atoms with Gasteiger partial charge in [0.05, 0.1) is 16.4 Å². The Morgan fingerprint density at radius 2 is 1.70 bits per heavy atom. The summed E-state index contributed by atoms with van der Waals surface area (Å²) in [6.07, 6.45) is 1.63. The Morgan fingerprint density at radius 1 is 1.03 bits per heavy atom. The third-order valence-corrected chi connectivity index (χ3v) is 7.70. The molecular formula is C28H25BrCl2N4O2. The fourth-order valence-corrected chi connectivity index (χ4v) is 5.44. The maximum Gasteiger partial charge on any atom is 0.272 e. The number of nitrogens with zero attached hydrogens (tertiary/aromatic N) is 3. The lowest BCUT2D eigenvalue weighted by molar-refractivity contribution is 0.0925. The summed E-state index contributed by atoms with van der Waals surface area (Å²) >= 11 is 16.2. The van der Waals surface area contributed by atoms with E-state index in [0.29, 0.717) is 21.4 Å². The molecule has 0 aliphatic carbocycles. The predicted molar refractivity (Wildman–Crippen MR) is 152 cm³/mol. The number of carbonyl (C=O) groups is 1. The van der Waals surface area contributed by atoms with Gasteiger partial charge in [-0.15, -0.1) is 0 Å². The predicted octanol–water partition coefficient (Wildman–Crippen LogP) is 7.02. The van der Waals surface area contributed by atoms with E-state index < -0.39 is 0 Å². The summed E-state index contributed by atoms with van der Waals surface area (Å²) in [6, 6.07) is 20.4. The highest BCUT2D eigenvalue weighted by atomic mass is 79.9. The average molecular weight is 600 g/mol. The first-order valence-corrected chi connectivity index (χ1v) is 13.5. The Labute approximate surface area is 233 Å². The highest BCUT2D eigenvalue weighted by Gasteiger charge is 2.26. The molecule has 1 fully saturated rings. The summed E-state index contributed by atoms with van der Waals surface area (Å²) in [5, 5.41) is 18.4. The second kappa shape index (κ2) is 10.8. The van der Waals surface area contributed by atoms with Crippen molar-refractivity contribution in [2.45, 2.75) is 25.8 Å². The Balaban J connectivity index is 1.40. The normalized spacial score (nSPS) is 14.1. The summed E-state index contributed by atoms with van der Waals surface area (Å²) in [5.41, 5.74) is 4.56. The minimum absolute atomic E-state index is 0.0423. The number of benzene rings is 3. The number of aromatic hydroxyl groups is 1. The van der Waals surface area contributed by atoms with Crippen LogP contribution in [-0.2, 0) is 0 Å². The fraction of sp³-hybridized carbons (Fsp3) is 0.214. The number of nitrogens with one attached hydrogen (secondary N) is 1. The zero-order valence-electron chi connectivity index (χ0n) is 20.1. The van der Waals surface area contributed by atoms with Crippen LogP contribution in [0.3, 0.4) is 0 Å². The van der Waals surface area contributed by atoms with Gasteiger partial charge in [0.1, 0.15) is 5.75 Å². The van der Waals surface area contributed by atoms with Crippen molar-refractivity contribution in [3.63, 3.8) is 0 Å². The first-order valence-electron chi connectivity index (χ1n) is 12.0. The molecule has 9 heteroatoms. The molecule has 37 heavy (non-hydrogen) atoms. The number of carbonyl (C=O) groups excluding carboxylic acids is 1. The topological polar surface area (TPSA) is 70.4 Å². The second-order valence-corrected chi connectivity index (χ2v) is 10.8. The molecule has 0 bridgehead atoms. The van der Waals surface area contributed by atoms with Crippen LogP contribution in [0.25, 0.3) is 16.9 Å². The molecule has 1 aromatic heterocycles. The molecule has 190 valence electrons. The van der Waals surface area contributed by atoms with Gasteiger partial charge < -0.3 is 15.3 Å². The molecule has 0 radical (unpaired) electrons. The molecule has 1 amide bonds. The lowest BCUT2D eigenvalue weighted by atomic mass is 10.0. The van der Waals surface area contributed by atoms with Gasteiger partial charge in [-0.05, 0) is 74.4 Å². The maximum atomic E-state index is 13.5. The smallest absolute Gasteiger partial charge is 0.272 e. The molecule has 6 nitrogen and oxygen atoms in total. The largest absolute Gasteiger partial charge is 0.508 e. The van der Waals surface area contributed by atoms with Crippen LogP contribution in [0.15, 0.2) is 71.2 Å². The number of hydrogen-bond donors (Lipinski definition) is 2. The first kappa shape index (κ1) is 25.6. The van der Waals surface area contributed by atoms with Crippen molar-refractivity contribution >= 4 is 50.7 Å². The van der Waals surface area contributed by atoms with Gasteiger partial charge >= 0.3 is 0 Å². The fourth-order valence-electron chi connectivity index (χ4n) is 4.68. The number of phenolic OH excluding ortho intramolecular Hbond substituents is 1. The number of hydrogen-bond acceptors (Lipinski definition) is 4. The van der Waals surface area contributed by atoms with Gasteiger partial charge in [0.15, 0.2) is 5.69 Å². The van der Waals surface area contributed by atoms with Gasteiger partial charge in [-0.25, -0.2) is 4.68 Å². The first-order chi connectivity index (χ1) is 17.8. The van der Waals surface area contributed by atoms with Gasteiger partial charge in [-0.1, -0.05) is 51.3 Å². The zero-order valence-corrected chi connectivity index (χ0v) is 23.2. The quantitative estimate of drug-likeness (QED) is 0.259. The summed E-state index contributed by atoms with van der Waals surface area (Å²) < 4.78 is 2.68. The van der Waals surface area contributed by atoms with Gasteiger partial charge in [0.2, 0.25) is 0 Å². The molecule has 5 rings (SSSR count). The summed E-state index contributed by atoms with van der Waals surface area (Å²) in [5.74, 6) is 0.0471.